The van der Waals surface area contributed by atoms with Crippen molar-refractivity contribution >= 4 is 54.3 Å². The Morgan fingerprint density at radius 1 is 0.262 bits per heavy atom. The number of nitrogens with zero attached hydrogens (tertiary/aromatic N) is 8. The molecule has 0 saturated heterocycles. The SMILES string of the molecule is Cc1ccc(N2C(c3ccncc3)=C(c3ccncc3)N(c3ccc(C)cc3)[Si]23N(c2ccc(C)cc2)C(c2ccncc2)=C(c2ccncc2)N3c2ccc(C)cc2)cc1. The number of pyridine rings is 4. The standard InChI is InChI=1S/C52H44N8Si/c1-37-5-13-45(14-6-37)57-49(41-21-29-53-30-22-41)50(42-23-31-54-32-24-42)58(46-15-7-38(2)8-16-46)61(57)59(47-17-9-39(3)10-18-47)51(43-25-33-55-34-26-43)52(44-27-35-56-36-28-44)60(61)48-19-11-40(4)12-20-48/h5-36H,1-4H3. The zero-order valence-electron chi connectivity index (χ0n) is 34.6. The molecule has 0 aliphatic carbocycles. The quantitative estimate of drug-likeness (QED) is 0.141. The average molecular weight is 809 g/mol. The van der Waals surface area contributed by atoms with Gasteiger partial charge in [0.15, 0.2) is 0 Å². The lowest BCUT2D eigenvalue weighted by molar-refractivity contribution is 1.16. The smallest absolute Gasteiger partial charge is 0.313 e. The molecule has 0 N–H and O–H groups in total. The van der Waals surface area contributed by atoms with Crippen molar-refractivity contribution in [3.05, 3.63) is 240 Å². The lowest BCUT2D eigenvalue weighted by Gasteiger charge is -2.51. The molecule has 0 saturated carbocycles. The Morgan fingerprint density at radius 3 is 0.623 bits per heavy atom. The first-order valence-corrected chi connectivity index (χ1v) is 22.3. The molecule has 1 spiro atoms. The van der Waals surface area contributed by atoms with Gasteiger partial charge in [0, 0.05) is 94.6 Å². The molecule has 0 amide bonds. The second kappa shape index (κ2) is 15.5. The lowest BCUT2D eigenvalue weighted by atomic mass is 10.1. The molecule has 2 aliphatic heterocycles. The highest BCUT2D eigenvalue weighted by Gasteiger charge is 2.71. The number of rotatable bonds is 8. The summed E-state index contributed by atoms with van der Waals surface area (Å²) >= 11 is 0. The van der Waals surface area contributed by atoms with Gasteiger partial charge in [-0.1, -0.05) is 70.8 Å². The number of hydrogen-bond donors (Lipinski definition) is 0. The van der Waals surface area contributed by atoms with E-state index in [1.165, 1.54) is 22.3 Å². The van der Waals surface area contributed by atoms with E-state index < -0.39 is 8.72 Å². The molecule has 0 atom stereocenters. The number of aryl methyl sites for hydroxylation is 4. The highest BCUT2D eigenvalue weighted by atomic mass is 28.4. The Bertz CT molecular complexity index is 2470. The van der Waals surface area contributed by atoms with Crippen LogP contribution in [-0.4, -0.2) is 28.7 Å². The third-order valence-electron chi connectivity index (χ3n) is 11.5. The summed E-state index contributed by atoms with van der Waals surface area (Å²) in [6, 6.07) is 53.2. The van der Waals surface area contributed by atoms with Crippen molar-refractivity contribution in [2.45, 2.75) is 27.7 Å². The fraction of sp³-hybridized carbons (Fsp3) is 0.0769. The zero-order valence-corrected chi connectivity index (χ0v) is 35.6. The van der Waals surface area contributed by atoms with Gasteiger partial charge in [0.1, 0.15) is 0 Å². The molecule has 8 aromatic rings. The van der Waals surface area contributed by atoms with Crippen LogP contribution >= 0.6 is 0 Å². The van der Waals surface area contributed by atoms with Crippen molar-refractivity contribution < 1.29 is 0 Å². The first kappa shape index (κ1) is 37.6. The molecule has 61 heavy (non-hydrogen) atoms. The fourth-order valence-electron chi connectivity index (χ4n) is 8.71. The van der Waals surface area contributed by atoms with E-state index in [1.807, 2.05) is 49.6 Å². The Kier molecular flexibility index (Phi) is 9.58. The number of benzene rings is 4. The van der Waals surface area contributed by atoms with Crippen LogP contribution in [0.4, 0.5) is 22.7 Å². The largest absolute Gasteiger partial charge is 0.522 e. The molecule has 9 heteroatoms. The first-order chi connectivity index (χ1) is 29.9. The maximum atomic E-state index is 4.55. The van der Waals surface area contributed by atoms with Crippen molar-refractivity contribution in [3.8, 4) is 0 Å². The molecular formula is C52H44N8Si. The first-order valence-electron chi connectivity index (χ1n) is 20.5. The third kappa shape index (κ3) is 6.38. The number of anilines is 4. The van der Waals surface area contributed by atoms with E-state index in [9.17, 15) is 0 Å². The minimum Gasteiger partial charge on any atom is -0.313 e. The Morgan fingerprint density at radius 2 is 0.443 bits per heavy atom. The molecule has 4 aromatic heterocycles. The van der Waals surface area contributed by atoms with Crippen LogP contribution in [-0.2, 0) is 0 Å². The third-order valence-corrected chi connectivity index (χ3v) is 15.9. The van der Waals surface area contributed by atoms with Crippen LogP contribution in [0.5, 0.6) is 0 Å². The number of aromatic nitrogens is 4. The van der Waals surface area contributed by atoms with Gasteiger partial charge < -0.3 is 18.3 Å². The van der Waals surface area contributed by atoms with Crippen LogP contribution in [0.25, 0.3) is 22.8 Å². The molecule has 296 valence electrons. The summed E-state index contributed by atoms with van der Waals surface area (Å²) in [4.78, 5) is 18.2. The van der Waals surface area contributed by atoms with Crippen LogP contribution in [0.15, 0.2) is 195 Å². The van der Waals surface area contributed by atoms with Crippen molar-refractivity contribution in [1.82, 2.24) is 19.9 Å². The summed E-state index contributed by atoms with van der Waals surface area (Å²) in [5, 5.41) is 0. The van der Waals surface area contributed by atoms with E-state index in [0.717, 1.165) is 67.8 Å². The van der Waals surface area contributed by atoms with Gasteiger partial charge in [-0.15, -0.1) is 0 Å². The second-order valence-electron chi connectivity index (χ2n) is 15.6. The maximum Gasteiger partial charge on any atom is 0.522 e. The predicted molar refractivity (Wildman–Crippen MR) is 251 cm³/mol. The van der Waals surface area contributed by atoms with E-state index in [1.54, 1.807) is 0 Å². The van der Waals surface area contributed by atoms with Gasteiger partial charge in [-0.05, 0) is 125 Å². The fourth-order valence-corrected chi connectivity index (χ4v) is 14.0. The minimum absolute atomic E-state index is 1.04. The lowest BCUT2D eigenvalue weighted by Crippen LogP contribution is -2.78. The Balaban J connectivity index is 1.48. The molecule has 0 bridgehead atoms. The van der Waals surface area contributed by atoms with E-state index in [0.29, 0.717) is 0 Å². The molecule has 4 aromatic carbocycles. The normalized spacial score (nSPS) is 14.8. The van der Waals surface area contributed by atoms with E-state index >= 15 is 0 Å². The van der Waals surface area contributed by atoms with Crippen LogP contribution in [0.2, 0.25) is 0 Å². The van der Waals surface area contributed by atoms with Crippen LogP contribution < -0.4 is 18.3 Å². The maximum absolute atomic E-state index is 4.55. The summed E-state index contributed by atoms with van der Waals surface area (Å²) < 4.78 is 10.7. The summed E-state index contributed by atoms with van der Waals surface area (Å²) in [5.74, 6) is 0. The highest BCUT2D eigenvalue weighted by Crippen LogP contribution is 2.59. The average Bonchev–Trinajstić information content (AvgIpc) is 3.79. The van der Waals surface area contributed by atoms with Crippen LogP contribution in [0, 0.1) is 27.7 Å². The summed E-state index contributed by atoms with van der Waals surface area (Å²) in [5.41, 5.74) is 17.4. The summed E-state index contributed by atoms with van der Waals surface area (Å²) in [6.45, 7) is 8.61. The van der Waals surface area contributed by atoms with Crippen LogP contribution in [0.3, 0.4) is 0 Å². The van der Waals surface area contributed by atoms with Gasteiger partial charge in [-0.25, -0.2) is 0 Å². The zero-order chi connectivity index (χ0) is 41.5. The molecule has 6 heterocycles. The van der Waals surface area contributed by atoms with E-state index in [-0.39, 0.29) is 0 Å². The van der Waals surface area contributed by atoms with Gasteiger partial charge in [0.2, 0.25) is 0 Å². The van der Waals surface area contributed by atoms with E-state index in [4.69, 9.17) is 0 Å². The van der Waals surface area contributed by atoms with Crippen molar-refractivity contribution in [3.63, 3.8) is 0 Å². The van der Waals surface area contributed by atoms with Gasteiger partial charge in [-0.3, -0.25) is 19.9 Å². The van der Waals surface area contributed by atoms with Gasteiger partial charge in [-0.2, -0.15) is 0 Å². The Labute approximate surface area is 358 Å². The molecule has 2 aliphatic rings. The summed E-state index contributed by atoms with van der Waals surface area (Å²) in [6.07, 6.45) is 15.2. The molecule has 0 radical (unpaired) electrons. The molecular weight excluding hydrogens is 765 g/mol. The van der Waals surface area contributed by atoms with Crippen molar-refractivity contribution in [2.24, 2.45) is 0 Å². The Hall–Kier alpha value is -7.62. The van der Waals surface area contributed by atoms with Crippen molar-refractivity contribution in [1.29, 1.82) is 0 Å². The number of hydrogen-bond acceptors (Lipinski definition) is 8. The van der Waals surface area contributed by atoms with Gasteiger partial charge in [0.05, 0.1) is 22.8 Å². The van der Waals surface area contributed by atoms with Crippen LogP contribution in [0.1, 0.15) is 44.5 Å². The van der Waals surface area contributed by atoms with Gasteiger partial charge in [0.25, 0.3) is 0 Å². The molecule has 0 fully saturated rings. The van der Waals surface area contributed by atoms with E-state index in [2.05, 4.69) is 211 Å². The van der Waals surface area contributed by atoms with Gasteiger partial charge >= 0.3 is 8.72 Å². The second-order valence-corrected chi connectivity index (χ2v) is 18.6. The molecule has 10 rings (SSSR count). The molecule has 8 nitrogen and oxygen atoms in total. The topological polar surface area (TPSA) is 64.5 Å². The summed E-state index contributed by atoms with van der Waals surface area (Å²) in [7, 11) is -3.90. The molecule has 0 unspecified atom stereocenters. The highest BCUT2D eigenvalue weighted by molar-refractivity contribution is 7.01. The van der Waals surface area contributed by atoms with Crippen molar-refractivity contribution in [2.75, 3.05) is 18.3 Å². The minimum atomic E-state index is -3.90. The monoisotopic (exact) mass is 808 g/mol. The predicted octanol–water partition coefficient (Wildman–Crippen LogP) is 11.3.